The highest BCUT2D eigenvalue weighted by Crippen LogP contribution is 2.27. The van der Waals surface area contributed by atoms with E-state index in [1.54, 1.807) is 0 Å². The third-order valence-corrected chi connectivity index (χ3v) is 3.33. The van der Waals surface area contributed by atoms with Gasteiger partial charge in [-0.3, -0.25) is 4.79 Å². The lowest BCUT2D eigenvalue weighted by Gasteiger charge is -2.24. The SMILES string of the molecule is NCC1CCCN1C(=O)c1c(F)c(F)c(F)c(F)c1F. The summed E-state index contributed by atoms with van der Waals surface area (Å²) in [5, 5.41) is 0. The molecule has 1 unspecified atom stereocenters. The lowest BCUT2D eigenvalue weighted by molar-refractivity contribution is 0.0727. The molecule has 8 heteroatoms. The number of rotatable bonds is 2. The molecule has 110 valence electrons. The van der Waals surface area contributed by atoms with Crippen LogP contribution in [0, 0.1) is 29.1 Å². The molecule has 1 saturated heterocycles. The number of carbonyl (C=O) groups is 1. The molecule has 1 atom stereocenters. The van der Waals surface area contributed by atoms with Crippen molar-refractivity contribution in [1.29, 1.82) is 0 Å². The molecule has 1 aromatic rings. The number of benzene rings is 1. The second kappa shape index (κ2) is 5.35. The van der Waals surface area contributed by atoms with Crippen molar-refractivity contribution in [1.82, 2.24) is 4.90 Å². The van der Waals surface area contributed by atoms with Gasteiger partial charge in [-0.2, -0.15) is 0 Å². The third-order valence-electron chi connectivity index (χ3n) is 3.33. The number of carbonyl (C=O) groups excluding carboxylic acids is 1. The number of nitrogens with zero attached hydrogens (tertiary/aromatic N) is 1. The molecule has 1 aliphatic heterocycles. The van der Waals surface area contributed by atoms with Crippen LogP contribution in [-0.2, 0) is 0 Å². The molecule has 20 heavy (non-hydrogen) atoms. The van der Waals surface area contributed by atoms with Crippen LogP contribution >= 0.6 is 0 Å². The Bertz CT molecular complexity index is 534. The monoisotopic (exact) mass is 294 g/mol. The van der Waals surface area contributed by atoms with Gasteiger partial charge in [-0.05, 0) is 12.8 Å². The number of hydrogen-bond acceptors (Lipinski definition) is 2. The van der Waals surface area contributed by atoms with Gasteiger partial charge in [-0.25, -0.2) is 22.0 Å². The quantitative estimate of drug-likeness (QED) is 0.515. The molecule has 1 heterocycles. The number of hydrogen-bond donors (Lipinski definition) is 1. The molecule has 0 aliphatic carbocycles. The first-order valence-corrected chi connectivity index (χ1v) is 5.92. The van der Waals surface area contributed by atoms with Gasteiger partial charge in [0.1, 0.15) is 5.56 Å². The highest BCUT2D eigenvalue weighted by Gasteiger charge is 2.35. The van der Waals surface area contributed by atoms with E-state index >= 15 is 0 Å². The van der Waals surface area contributed by atoms with Crippen LogP contribution in [0.1, 0.15) is 23.2 Å². The van der Waals surface area contributed by atoms with E-state index in [4.69, 9.17) is 5.73 Å². The van der Waals surface area contributed by atoms with Gasteiger partial charge in [-0.15, -0.1) is 0 Å². The fraction of sp³-hybridized carbons (Fsp3) is 0.417. The van der Waals surface area contributed by atoms with Gasteiger partial charge >= 0.3 is 0 Å². The molecular weight excluding hydrogens is 283 g/mol. The van der Waals surface area contributed by atoms with Crippen molar-refractivity contribution in [3.63, 3.8) is 0 Å². The molecule has 0 aromatic heterocycles. The third kappa shape index (κ3) is 2.13. The predicted molar refractivity (Wildman–Crippen MR) is 59.3 cm³/mol. The van der Waals surface area contributed by atoms with Gasteiger partial charge in [0.15, 0.2) is 23.3 Å². The number of likely N-dealkylation sites (tertiary alicyclic amines) is 1. The zero-order chi connectivity index (χ0) is 15.0. The van der Waals surface area contributed by atoms with Crippen LogP contribution in [-0.4, -0.2) is 29.9 Å². The normalized spacial score (nSPS) is 18.7. The topological polar surface area (TPSA) is 46.3 Å². The maximum absolute atomic E-state index is 13.5. The van der Waals surface area contributed by atoms with Crippen molar-refractivity contribution >= 4 is 5.91 Å². The molecule has 1 aromatic carbocycles. The van der Waals surface area contributed by atoms with Gasteiger partial charge in [-0.1, -0.05) is 0 Å². The molecule has 2 N–H and O–H groups in total. The van der Waals surface area contributed by atoms with Crippen LogP contribution in [0.25, 0.3) is 0 Å². The Morgan fingerprint density at radius 3 is 2.05 bits per heavy atom. The first kappa shape index (κ1) is 14.7. The molecule has 1 amide bonds. The second-order valence-electron chi connectivity index (χ2n) is 4.48. The van der Waals surface area contributed by atoms with Crippen molar-refractivity contribution in [3.05, 3.63) is 34.6 Å². The van der Waals surface area contributed by atoms with Gasteiger partial charge < -0.3 is 10.6 Å². The minimum atomic E-state index is -2.28. The van der Waals surface area contributed by atoms with Crippen molar-refractivity contribution < 1.29 is 26.7 Å². The van der Waals surface area contributed by atoms with Crippen LogP contribution in [0.4, 0.5) is 22.0 Å². The Labute approximate surface area is 111 Å². The Hall–Kier alpha value is -1.70. The minimum absolute atomic E-state index is 0.0567. The molecule has 1 fully saturated rings. The maximum Gasteiger partial charge on any atom is 0.260 e. The van der Waals surface area contributed by atoms with E-state index in [1.165, 1.54) is 0 Å². The van der Waals surface area contributed by atoms with Crippen molar-refractivity contribution in [2.45, 2.75) is 18.9 Å². The Morgan fingerprint density at radius 1 is 1.05 bits per heavy atom. The summed E-state index contributed by atoms with van der Waals surface area (Å²) >= 11 is 0. The average Bonchev–Trinajstić information content (AvgIpc) is 2.91. The summed E-state index contributed by atoms with van der Waals surface area (Å²) in [5.41, 5.74) is 3.98. The first-order valence-electron chi connectivity index (χ1n) is 5.92. The summed E-state index contributed by atoms with van der Waals surface area (Å²) in [6.07, 6.45) is 1.08. The lowest BCUT2D eigenvalue weighted by atomic mass is 10.1. The Kier molecular flexibility index (Phi) is 3.94. The highest BCUT2D eigenvalue weighted by atomic mass is 19.2. The Balaban J connectivity index is 2.50. The minimum Gasteiger partial charge on any atom is -0.334 e. The summed E-state index contributed by atoms with van der Waals surface area (Å²) in [5.74, 6) is -12.0. The van der Waals surface area contributed by atoms with Gasteiger partial charge in [0.05, 0.1) is 0 Å². The largest absolute Gasteiger partial charge is 0.334 e. The molecule has 0 saturated carbocycles. The van der Waals surface area contributed by atoms with E-state index in [1.807, 2.05) is 0 Å². The fourth-order valence-electron chi connectivity index (χ4n) is 2.28. The van der Waals surface area contributed by atoms with E-state index in [0.29, 0.717) is 12.8 Å². The summed E-state index contributed by atoms with van der Waals surface area (Å²) in [7, 11) is 0. The molecular formula is C12H11F5N2O. The first-order chi connectivity index (χ1) is 9.40. The van der Waals surface area contributed by atoms with Crippen LogP contribution in [0.3, 0.4) is 0 Å². The zero-order valence-electron chi connectivity index (χ0n) is 10.2. The maximum atomic E-state index is 13.5. The van der Waals surface area contributed by atoms with Gasteiger partial charge in [0.2, 0.25) is 5.82 Å². The van der Waals surface area contributed by atoms with Crippen molar-refractivity contribution in [3.8, 4) is 0 Å². The molecule has 0 spiro atoms. The summed E-state index contributed by atoms with van der Waals surface area (Å²) in [6.45, 7) is 0.224. The zero-order valence-corrected chi connectivity index (χ0v) is 10.2. The van der Waals surface area contributed by atoms with Crippen LogP contribution < -0.4 is 5.73 Å². The van der Waals surface area contributed by atoms with E-state index in [0.717, 1.165) is 4.90 Å². The summed E-state index contributed by atoms with van der Waals surface area (Å²) < 4.78 is 66.1. The standard InChI is InChI=1S/C12H11F5N2O/c13-7-6(8(14)10(16)11(17)9(7)15)12(20)19-3-1-2-5(19)4-18/h5H,1-4,18H2. The highest BCUT2D eigenvalue weighted by molar-refractivity contribution is 5.95. The molecule has 0 radical (unpaired) electrons. The van der Waals surface area contributed by atoms with Crippen molar-refractivity contribution in [2.75, 3.05) is 13.1 Å². The lowest BCUT2D eigenvalue weighted by Crippen LogP contribution is -2.41. The molecule has 3 nitrogen and oxygen atoms in total. The van der Waals surface area contributed by atoms with Gasteiger partial charge in [0.25, 0.3) is 5.91 Å². The summed E-state index contributed by atoms with van der Waals surface area (Å²) in [4.78, 5) is 13.0. The van der Waals surface area contributed by atoms with E-state index < -0.39 is 46.6 Å². The molecule has 2 rings (SSSR count). The fourth-order valence-corrected chi connectivity index (χ4v) is 2.28. The number of amides is 1. The van der Waals surface area contributed by atoms with Crippen LogP contribution in [0.2, 0.25) is 0 Å². The van der Waals surface area contributed by atoms with Gasteiger partial charge in [0, 0.05) is 19.1 Å². The molecule has 1 aliphatic rings. The second-order valence-corrected chi connectivity index (χ2v) is 4.48. The number of nitrogens with two attached hydrogens (primary N) is 1. The summed E-state index contributed by atoms with van der Waals surface area (Å²) in [6, 6.07) is -0.461. The molecule has 0 bridgehead atoms. The van der Waals surface area contributed by atoms with Crippen molar-refractivity contribution in [2.24, 2.45) is 5.73 Å². The smallest absolute Gasteiger partial charge is 0.260 e. The van der Waals surface area contributed by atoms with Crippen LogP contribution in [0.5, 0.6) is 0 Å². The predicted octanol–water partition coefficient (Wildman–Crippen LogP) is 1.95. The number of halogens is 5. The van der Waals surface area contributed by atoms with E-state index in [2.05, 4.69) is 0 Å². The van der Waals surface area contributed by atoms with Crippen LogP contribution in [0.15, 0.2) is 0 Å². The van der Waals surface area contributed by atoms with E-state index in [9.17, 15) is 26.7 Å². The van der Waals surface area contributed by atoms with E-state index in [-0.39, 0.29) is 13.1 Å². The average molecular weight is 294 g/mol. The Morgan fingerprint density at radius 2 is 1.55 bits per heavy atom.